The van der Waals surface area contributed by atoms with Crippen LogP contribution in [0.25, 0.3) is 16.6 Å². The van der Waals surface area contributed by atoms with Gasteiger partial charge in [-0.25, -0.2) is 14.2 Å². The first kappa shape index (κ1) is 23.7. The van der Waals surface area contributed by atoms with Crippen molar-refractivity contribution >= 4 is 45.8 Å². The van der Waals surface area contributed by atoms with Gasteiger partial charge in [0.15, 0.2) is 0 Å². The maximum Gasteiger partial charge on any atom is 0.322 e. The van der Waals surface area contributed by atoms with Crippen LogP contribution in [0.4, 0.5) is 14.9 Å². The predicted molar refractivity (Wildman–Crippen MR) is 134 cm³/mol. The summed E-state index contributed by atoms with van der Waals surface area (Å²) in [5, 5.41) is 3.94. The van der Waals surface area contributed by atoms with E-state index in [9.17, 15) is 14.0 Å². The van der Waals surface area contributed by atoms with Crippen molar-refractivity contribution in [1.29, 1.82) is 0 Å². The van der Waals surface area contributed by atoms with Crippen LogP contribution in [-0.4, -0.2) is 27.5 Å². The van der Waals surface area contributed by atoms with Crippen molar-refractivity contribution in [3.8, 4) is 5.69 Å². The number of urea groups is 1. The average molecular weight is 499 g/mol. The first-order chi connectivity index (χ1) is 16.3. The lowest BCUT2D eigenvalue weighted by atomic mass is 10.1. The van der Waals surface area contributed by atoms with Gasteiger partial charge in [0.2, 0.25) is 0 Å². The van der Waals surface area contributed by atoms with Gasteiger partial charge >= 0.3 is 6.03 Å². The molecule has 0 radical (unpaired) electrons. The summed E-state index contributed by atoms with van der Waals surface area (Å²) < 4.78 is 15.0. The van der Waals surface area contributed by atoms with Gasteiger partial charge in [-0.3, -0.25) is 9.36 Å². The van der Waals surface area contributed by atoms with E-state index in [1.54, 1.807) is 43.4 Å². The van der Waals surface area contributed by atoms with Crippen LogP contribution >= 0.6 is 23.2 Å². The van der Waals surface area contributed by atoms with E-state index >= 15 is 0 Å². The van der Waals surface area contributed by atoms with Crippen molar-refractivity contribution in [3.05, 3.63) is 98.8 Å². The molecule has 4 rings (SSSR count). The Morgan fingerprint density at radius 1 is 1.12 bits per heavy atom. The van der Waals surface area contributed by atoms with E-state index in [0.29, 0.717) is 44.6 Å². The van der Waals surface area contributed by atoms with Crippen molar-refractivity contribution in [3.63, 3.8) is 0 Å². The summed E-state index contributed by atoms with van der Waals surface area (Å²) in [5.41, 5.74) is 1.06. The highest BCUT2D eigenvalue weighted by molar-refractivity contribution is 6.36. The molecule has 1 N–H and O–H groups in total. The molecule has 0 saturated carbocycles. The zero-order chi connectivity index (χ0) is 24.4. The molecule has 0 fully saturated rings. The highest BCUT2D eigenvalue weighted by Gasteiger charge is 2.27. The molecule has 0 spiro atoms. The third-order valence-electron chi connectivity index (χ3n) is 5.53. The number of para-hydroxylation sites is 1. The molecule has 6 nitrogen and oxygen atoms in total. The van der Waals surface area contributed by atoms with Crippen LogP contribution in [-0.2, 0) is 0 Å². The first-order valence-corrected chi connectivity index (χ1v) is 11.3. The van der Waals surface area contributed by atoms with E-state index in [1.807, 2.05) is 6.92 Å². The molecule has 2 amide bonds. The zero-order valence-corrected chi connectivity index (χ0v) is 19.9. The van der Waals surface area contributed by atoms with Crippen LogP contribution in [0.3, 0.4) is 0 Å². The van der Waals surface area contributed by atoms with Crippen molar-refractivity contribution in [1.82, 2.24) is 14.5 Å². The maximum absolute atomic E-state index is 13.6. The highest BCUT2D eigenvalue weighted by atomic mass is 35.5. The molecule has 3 aromatic carbocycles. The quantitative estimate of drug-likeness (QED) is 0.343. The Balaban J connectivity index is 1.81. The van der Waals surface area contributed by atoms with Crippen molar-refractivity contribution < 1.29 is 9.18 Å². The van der Waals surface area contributed by atoms with Crippen LogP contribution in [0.15, 0.2) is 71.5 Å². The van der Waals surface area contributed by atoms with Crippen LogP contribution in [0.1, 0.15) is 25.2 Å². The average Bonchev–Trinajstić information content (AvgIpc) is 2.82. The minimum Gasteiger partial charge on any atom is -0.317 e. The number of rotatable bonds is 5. The van der Waals surface area contributed by atoms with Crippen LogP contribution in [0, 0.1) is 5.82 Å². The Hall–Kier alpha value is -3.42. The van der Waals surface area contributed by atoms with E-state index in [0.717, 1.165) is 0 Å². The number of carbonyl (C=O) groups is 1. The molecule has 1 aromatic heterocycles. The summed E-state index contributed by atoms with van der Waals surface area (Å²) in [6.45, 7) is 1.89. The molecular formula is C25H21Cl2FN4O2. The molecular weight excluding hydrogens is 478 g/mol. The van der Waals surface area contributed by atoms with Gasteiger partial charge in [0.25, 0.3) is 5.56 Å². The lowest BCUT2D eigenvalue weighted by Crippen LogP contribution is -2.38. The van der Waals surface area contributed by atoms with Gasteiger partial charge in [-0.1, -0.05) is 42.3 Å². The van der Waals surface area contributed by atoms with Gasteiger partial charge < -0.3 is 10.2 Å². The fourth-order valence-corrected chi connectivity index (χ4v) is 4.23. The molecule has 9 heteroatoms. The molecule has 0 bridgehead atoms. The predicted octanol–water partition coefficient (Wildman–Crippen LogP) is 6.45. The standard InChI is InChI=1S/C25H21Cl2FN4O2/c1-3-22(31(2)25(34)30-21-13-8-15(26)14-19(21)27)23-29-20-7-5-4-6-18(20)24(33)32(23)17-11-9-16(28)10-12-17/h4-14,22H,3H2,1-2H3,(H,30,34). The molecule has 0 aliphatic rings. The molecule has 174 valence electrons. The van der Waals surface area contributed by atoms with E-state index in [1.165, 1.54) is 39.8 Å². The number of nitrogens with zero attached hydrogens (tertiary/aromatic N) is 3. The number of nitrogens with one attached hydrogen (secondary N) is 1. The second-order valence-corrected chi connectivity index (χ2v) is 8.54. The van der Waals surface area contributed by atoms with Gasteiger partial charge in [0.1, 0.15) is 11.6 Å². The molecule has 1 unspecified atom stereocenters. The fourth-order valence-electron chi connectivity index (χ4n) is 3.78. The van der Waals surface area contributed by atoms with Crippen molar-refractivity contribution in [2.45, 2.75) is 19.4 Å². The number of carbonyl (C=O) groups excluding carboxylic acids is 1. The lowest BCUT2D eigenvalue weighted by molar-refractivity contribution is 0.199. The number of halogens is 3. The third-order valence-corrected chi connectivity index (χ3v) is 6.08. The molecule has 0 aliphatic heterocycles. The highest BCUT2D eigenvalue weighted by Crippen LogP contribution is 2.28. The Morgan fingerprint density at radius 2 is 1.82 bits per heavy atom. The fraction of sp³-hybridized carbons (Fsp3) is 0.160. The number of hydrogen-bond donors (Lipinski definition) is 1. The maximum atomic E-state index is 13.6. The van der Waals surface area contributed by atoms with Crippen molar-refractivity contribution in [2.24, 2.45) is 0 Å². The van der Waals surface area contributed by atoms with E-state index in [4.69, 9.17) is 28.2 Å². The smallest absolute Gasteiger partial charge is 0.317 e. The summed E-state index contributed by atoms with van der Waals surface area (Å²) >= 11 is 12.2. The Kier molecular flexibility index (Phi) is 6.86. The van der Waals surface area contributed by atoms with Crippen molar-refractivity contribution in [2.75, 3.05) is 12.4 Å². The monoisotopic (exact) mass is 498 g/mol. The first-order valence-electron chi connectivity index (χ1n) is 10.6. The molecule has 0 aliphatic carbocycles. The zero-order valence-electron chi connectivity index (χ0n) is 18.4. The van der Waals surface area contributed by atoms with E-state index < -0.39 is 17.9 Å². The van der Waals surface area contributed by atoms with E-state index in [2.05, 4.69) is 5.32 Å². The SMILES string of the molecule is CCC(c1nc2ccccc2c(=O)n1-c1ccc(F)cc1)N(C)C(=O)Nc1ccc(Cl)cc1Cl. The Morgan fingerprint density at radius 3 is 2.50 bits per heavy atom. The summed E-state index contributed by atoms with van der Waals surface area (Å²) in [6.07, 6.45) is 0.463. The minimum absolute atomic E-state index is 0.300. The van der Waals surface area contributed by atoms with Crippen LogP contribution in [0.2, 0.25) is 10.0 Å². The topological polar surface area (TPSA) is 67.2 Å². The molecule has 34 heavy (non-hydrogen) atoms. The van der Waals surface area contributed by atoms with Gasteiger partial charge in [-0.05, 0) is 61.0 Å². The molecule has 1 heterocycles. The summed E-state index contributed by atoms with van der Waals surface area (Å²) in [7, 11) is 1.61. The third kappa shape index (κ3) is 4.62. The molecule has 4 aromatic rings. The summed E-state index contributed by atoms with van der Waals surface area (Å²) in [4.78, 5) is 32.8. The van der Waals surface area contributed by atoms with E-state index in [-0.39, 0.29) is 5.56 Å². The van der Waals surface area contributed by atoms with Gasteiger partial charge in [0, 0.05) is 12.1 Å². The number of amides is 2. The normalized spacial score (nSPS) is 11.9. The van der Waals surface area contributed by atoms with Crippen LogP contribution in [0.5, 0.6) is 0 Å². The summed E-state index contributed by atoms with van der Waals surface area (Å²) in [6, 6.07) is 16.3. The second kappa shape index (κ2) is 9.83. The Labute approximate surface area is 205 Å². The lowest BCUT2D eigenvalue weighted by Gasteiger charge is -2.29. The number of fused-ring (bicyclic) bond motifs is 1. The van der Waals surface area contributed by atoms with Gasteiger partial charge in [0.05, 0.1) is 33.3 Å². The second-order valence-electron chi connectivity index (χ2n) is 7.69. The number of anilines is 1. The largest absolute Gasteiger partial charge is 0.322 e. The number of aromatic nitrogens is 2. The Bertz CT molecular complexity index is 1420. The molecule has 1 atom stereocenters. The number of hydrogen-bond acceptors (Lipinski definition) is 3. The summed E-state index contributed by atoms with van der Waals surface area (Å²) in [5.74, 6) is -0.0619. The van der Waals surface area contributed by atoms with Gasteiger partial charge in [-0.15, -0.1) is 0 Å². The van der Waals surface area contributed by atoms with Gasteiger partial charge in [-0.2, -0.15) is 0 Å². The molecule has 0 saturated heterocycles. The minimum atomic E-state index is -0.576. The number of benzene rings is 3. The van der Waals surface area contributed by atoms with Crippen LogP contribution < -0.4 is 10.9 Å².